The molecule has 0 N–H and O–H groups in total. The van der Waals surface area contributed by atoms with Gasteiger partial charge < -0.3 is 9.64 Å². The molecule has 1 saturated heterocycles. The van der Waals surface area contributed by atoms with Crippen LogP contribution in [0.5, 0.6) is 5.19 Å². The molecule has 2 fully saturated rings. The lowest BCUT2D eigenvalue weighted by Crippen LogP contribution is -2.53. The van der Waals surface area contributed by atoms with Crippen LogP contribution >= 0.6 is 11.3 Å². The van der Waals surface area contributed by atoms with Crippen LogP contribution in [0, 0.1) is 11.8 Å². The minimum atomic E-state index is 0.305. The number of rotatable bonds is 2. The molecule has 4 heteroatoms. The Morgan fingerprint density at radius 2 is 2.44 bits per heavy atom. The molecule has 5 rings (SSSR count). The maximum absolute atomic E-state index is 6.04. The van der Waals surface area contributed by atoms with Gasteiger partial charge in [-0.05, 0) is 24.3 Å². The number of piperidine rings is 1. The van der Waals surface area contributed by atoms with Crippen LogP contribution in [0.3, 0.4) is 0 Å². The Kier molecular flexibility index (Phi) is 1.83. The largest absolute Gasteiger partial charge is 0.462 e. The molecule has 4 heterocycles. The number of ether oxygens (including phenoxy) is 1. The fourth-order valence-electron chi connectivity index (χ4n) is 3.42. The Labute approximate surface area is 98.7 Å². The van der Waals surface area contributed by atoms with Gasteiger partial charge in [-0.1, -0.05) is 11.3 Å². The first-order valence-electron chi connectivity index (χ1n) is 5.89. The van der Waals surface area contributed by atoms with Gasteiger partial charge in [-0.2, -0.15) is 0 Å². The van der Waals surface area contributed by atoms with Crippen LogP contribution < -0.4 is 4.74 Å². The summed E-state index contributed by atoms with van der Waals surface area (Å²) in [5.41, 5.74) is 1.49. The van der Waals surface area contributed by atoms with E-state index in [-0.39, 0.29) is 0 Å². The van der Waals surface area contributed by atoms with Gasteiger partial charge in [0.2, 0.25) is 0 Å². The summed E-state index contributed by atoms with van der Waals surface area (Å²) in [7, 11) is 0. The van der Waals surface area contributed by atoms with Gasteiger partial charge in [-0.15, -0.1) is 0 Å². The highest BCUT2D eigenvalue weighted by molar-refractivity contribution is 7.11. The summed E-state index contributed by atoms with van der Waals surface area (Å²) >= 11 is 1.59. The predicted octanol–water partition coefficient (Wildman–Crippen LogP) is 2.13. The first-order valence-corrected chi connectivity index (χ1v) is 6.77. The molecule has 84 valence electrons. The molecular formula is C12H14N2OS. The molecule has 0 radical (unpaired) electrons. The fourth-order valence-corrected chi connectivity index (χ4v) is 3.94. The van der Waals surface area contributed by atoms with E-state index in [0.29, 0.717) is 12.0 Å². The summed E-state index contributed by atoms with van der Waals surface area (Å²) < 4.78 is 6.04. The number of hydrogen-bond acceptors (Lipinski definition) is 4. The van der Waals surface area contributed by atoms with E-state index >= 15 is 0 Å². The Morgan fingerprint density at radius 1 is 1.44 bits per heavy atom. The van der Waals surface area contributed by atoms with Gasteiger partial charge in [0, 0.05) is 36.8 Å². The third kappa shape index (κ3) is 1.29. The Hall–Kier alpha value is -1.03. The number of thiazole rings is 1. The molecule has 1 saturated carbocycles. The van der Waals surface area contributed by atoms with E-state index in [2.05, 4.69) is 16.1 Å². The lowest BCUT2D eigenvalue weighted by Gasteiger charge is -2.50. The van der Waals surface area contributed by atoms with Crippen molar-refractivity contribution in [2.24, 2.45) is 11.8 Å². The van der Waals surface area contributed by atoms with E-state index in [0.717, 1.165) is 11.1 Å². The van der Waals surface area contributed by atoms with Crippen molar-refractivity contribution in [1.82, 2.24) is 9.88 Å². The van der Waals surface area contributed by atoms with Crippen LogP contribution in [-0.4, -0.2) is 29.1 Å². The van der Waals surface area contributed by atoms with Crippen molar-refractivity contribution >= 4 is 11.3 Å². The molecule has 3 atom stereocenters. The molecule has 0 aromatic carbocycles. The minimum Gasteiger partial charge on any atom is -0.462 e. The predicted molar refractivity (Wildman–Crippen MR) is 62.4 cm³/mol. The van der Waals surface area contributed by atoms with Gasteiger partial charge in [0.05, 0.1) is 0 Å². The molecule has 16 heavy (non-hydrogen) atoms. The van der Waals surface area contributed by atoms with Gasteiger partial charge in [-0.25, -0.2) is 4.98 Å². The second-order valence-corrected chi connectivity index (χ2v) is 5.92. The molecular weight excluding hydrogens is 220 g/mol. The lowest BCUT2D eigenvalue weighted by molar-refractivity contribution is 0.0276. The molecule has 3 aliphatic heterocycles. The number of hydrogen-bond donors (Lipinski definition) is 0. The van der Waals surface area contributed by atoms with Crippen molar-refractivity contribution in [3.63, 3.8) is 0 Å². The molecule has 0 spiro atoms. The average molecular weight is 234 g/mol. The summed E-state index contributed by atoms with van der Waals surface area (Å²) in [5.74, 6) is 1.58. The SMILES string of the molecule is C1=C2CC3CC(CN1C3)[C@H]2Oc1nccs1. The van der Waals surface area contributed by atoms with Crippen LogP contribution in [0.15, 0.2) is 23.3 Å². The first kappa shape index (κ1) is 9.05. The Morgan fingerprint density at radius 3 is 3.19 bits per heavy atom. The highest BCUT2D eigenvalue weighted by Gasteiger charge is 2.44. The smallest absolute Gasteiger partial charge is 0.273 e. The average Bonchev–Trinajstić information content (AvgIpc) is 2.75. The summed E-state index contributed by atoms with van der Waals surface area (Å²) in [6.45, 7) is 2.44. The number of nitrogens with zero attached hydrogens (tertiary/aromatic N) is 2. The molecule has 4 bridgehead atoms. The van der Waals surface area contributed by atoms with E-state index in [1.165, 1.54) is 31.5 Å². The molecule has 2 unspecified atom stereocenters. The van der Waals surface area contributed by atoms with Crippen molar-refractivity contribution < 1.29 is 4.74 Å². The third-order valence-electron chi connectivity index (χ3n) is 3.90. The van der Waals surface area contributed by atoms with E-state index in [1.54, 1.807) is 11.3 Å². The normalized spacial score (nSPS) is 35.4. The quantitative estimate of drug-likeness (QED) is 0.784. The molecule has 3 nitrogen and oxygen atoms in total. The van der Waals surface area contributed by atoms with Gasteiger partial charge in [0.25, 0.3) is 5.19 Å². The van der Waals surface area contributed by atoms with Crippen molar-refractivity contribution in [1.29, 1.82) is 0 Å². The van der Waals surface area contributed by atoms with Crippen LogP contribution in [-0.2, 0) is 0 Å². The van der Waals surface area contributed by atoms with Gasteiger partial charge in [0.15, 0.2) is 0 Å². The molecule has 1 aromatic heterocycles. The minimum absolute atomic E-state index is 0.305. The maximum Gasteiger partial charge on any atom is 0.273 e. The highest BCUT2D eigenvalue weighted by Crippen LogP contribution is 2.44. The highest BCUT2D eigenvalue weighted by atomic mass is 32.1. The van der Waals surface area contributed by atoms with E-state index in [9.17, 15) is 0 Å². The lowest BCUT2D eigenvalue weighted by atomic mass is 9.71. The fraction of sp³-hybridized carbons (Fsp3) is 0.583. The van der Waals surface area contributed by atoms with E-state index in [4.69, 9.17) is 4.74 Å². The van der Waals surface area contributed by atoms with Crippen LogP contribution in [0.1, 0.15) is 12.8 Å². The zero-order valence-corrected chi connectivity index (χ0v) is 9.82. The zero-order valence-electron chi connectivity index (χ0n) is 9.00. The molecule has 4 aliphatic rings. The summed E-state index contributed by atoms with van der Waals surface area (Å²) in [6, 6.07) is 0. The van der Waals surface area contributed by atoms with Crippen LogP contribution in [0.2, 0.25) is 0 Å². The molecule has 1 aromatic rings. The van der Waals surface area contributed by atoms with Crippen molar-refractivity contribution in [3.05, 3.63) is 23.3 Å². The van der Waals surface area contributed by atoms with E-state index in [1.807, 2.05) is 11.6 Å². The molecule has 1 aliphatic carbocycles. The standard InChI is InChI=1S/C12H14N2OS/c1-2-16-12(13-1)15-11-9-3-8-4-10(11)7-14(5-8)6-9/h1-2,6,8,10-11H,3-5,7H2/t8?,10?,11-/m0/s1. The van der Waals surface area contributed by atoms with Crippen molar-refractivity contribution in [3.8, 4) is 5.19 Å². The summed E-state index contributed by atoms with van der Waals surface area (Å²) in [5, 5.41) is 2.80. The Bertz CT molecular complexity index is 428. The van der Waals surface area contributed by atoms with Gasteiger partial charge >= 0.3 is 0 Å². The van der Waals surface area contributed by atoms with Crippen LogP contribution in [0.25, 0.3) is 0 Å². The monoisotopic (exact) mass is 234 g/mol. The van der Waals surface area contributed by atoms with Crippen molar-refractivity contribution in [2.45, 2.75) is 18.9 Å². The summed E-state index contributed by atoms with van der Waals surface area (Å²) in [6.07, 6.45) is 7.02. The summed E-state index contributed by atoms with van der Waals surface area (Å²) in [4.78, 5) is 6.69. The van der Waals surface area contributed by atoms with Gasteiger partial charge in [-0.3, -0.25) is 0 Å². The first-order chi connectivity index (χ1) is 7.88. The number of aromatic nitrogens is 1. The van der Waals surface area contributed by atoms with E-state index < -0.39 is 0 Å². The molecule has 0 amide bonds. The Balaban J connectivity index is 1.63. The maximum atomic E-state index is 6.04. The second-order valence-electron chi connectivity index (χ2n) is 5.06. The van der Waals surface area contributed by atoms with Crippen LogP contribution in [0.4, 0.5) is 0 Å². The topological polar surface area (TPSA) is 25.4 Å². The third-order valence-corrected chi connectivity index (χ3v) is 4.56. The zero-order chi connectivity index (χ0) is 10.5. The second kappa shape index (κ2) is 3.23. The van der Waals surface area contributed by atoms with Gasteiger partial charge in [0.1, 0.15) is 6.10 Å². The van der Waals surface area contributed by atoms with Crippen molar-refractivity contribution in [2.75, 3.05) is 13.1 Å².